The number of fused-ring (bicyclic) bond motifs is 5. The normalized spacial score (nSPS) is 16.0. The molecular weight excluding hydrogens is 545 g/mol. The maximum Gasteiger partial charge on any atom is 0.494 e. The van der Waals surface area contributed by atoms with Gasteiger partial charge in [0, 0.05) is 37.2 Å². The molecule has 0 bridgehead atoms. The minimum atomic E-state index is -0.369. The molecule has 1 aliphatic rings. The average molecular weight is 578 g/mol. The first kappa shape index (κ1) is 26.5. The molecule has 1 aliphatic heterocycles. The Morgan fingerprint density at radius 1 is 0.512 bits per heavy atom. The van der Waals surface area contributed by atoms with E-state index in [9.17, 15) is 0 Å². The predicted molar refractivity (Wildman–Crippen MR) is 185 cm³/mol. The van der Waals surface area contributed by atoms with Gasteiger partial charge in [-0.3, -0.25) is 0 Å². The monoisotopic (exact) mass is 577 g/mol. The molecule has 0 amide bonds. The Morgan fingerprint density at radius 2 is 1.05 bits per heavy atom. The minimum absolute atomic E-state index is 0.364. The highest BCUT2D eigenvalue weighted by molar-refractivity contribution is 7.25. The molecule has 0 atom stereocenters. The van der Waals surface area contributed by atoms with Crippen molar-refractivity contribution in [1.29, 1.82) is 0 Å². The largest absolute Gasteiger partial charge is 0.494 e. The van der Waals surface area contributed by atoms with Gasteiger partial charge in [0.05, 0.1) is 11.2 Å². The Bertz CT molecular complexity index is 2090. The molecule has 2 heterocycles. The van der Waals surface area contributed by atoms with E-state index in [0.29, 0.717) is 0 Å². The maximum atomic E-state index is 6.36. The third-order valence-corrected chi connectivity index (χ3v) is 10.4. The summed E-state index contributed by atoms with van der Waals surface area (Å²) in [7, 11) is -0.369. The number of hydrogen-bond donors (Lipinski definition) is 0. The highest BCUT2D eigenvalue weighted by atomic mass is 32.1. The van der Waals surface area contributed by atoms with Crippen LogP contribution in [0.25, 0.3) is 41.7 Å². The van der Waals surface area contributed by atoms with Crippen molar-refractivity contribution in [1.82, 2.24) is 0 Å². The van der Waals surface area contributed by atoms with Gasteiger partial charge in [-0.05, 0) is 103 Å². The van der Waals surface area contributed by atoms with Crippen LogP contribution in [0.5, 0.6) is 0 Å². The number of anilines is 3. The lowest BCUT2D eigenvalue weighted by molar-refractivity contribution is 0.00578. The van der Waals surface area contributed by atoms with E-state index >= 15 is 0 Å². The van der Waals surface area contributed by atoms with Gasteiger partial charge in [-0.15, -0.1) is 11.3 Å². The fraction of sp³-hybridized carbons (Fsp3) is 0.158. The van der Waals surface area contributed by atoms with Crippen LogP contribution in [-0.2, 0) is 9.31 Å². The quantitative estimate of drug-likeness (QED) is 0.194. The summed E-state index contributed by atoms with van der Waals surface area (Å²) in [4.78, 5) is 2.38. The van der Waals surface area contributed by atoms with Crippen LogP contribution in [0.1, 0.15) is 27.7 Å². The van der Waals surface area contributed by atoms with Gasteiger partial charge in [0.2, 0.25) is 0 Å². The number of hydrogen-bond acceptors (Lipinski definition) is 4. The van der Waals surface area contributed by atoms with E-state index in [4.69, 9.17) is 9.31 Å². The summed E-state index contributed by atoms with van der Waals surface area (Å²) in [5.41, 5.74) is 3.74. The van der Waals surface area contributed by atoms with E-state index in [1.54, 1.807) is 0 Å². The molecule has 3 nitrogen and oxygen atoms in total. The lowest BCUT2D eigenvalue weighted by atomic mass is 9.79. The minimum Gasteiger partial charge on any atom is -0.399 e. The standard InChI is InChI=1S/C38H32BNO2S/c1-37(2)38(3,4)42-39(41-37)29-15-19-33-34-24-32(18-20-35(34)43-36(33)23-29)40(30-16-13-25-9-5-7-11-27(25)21-30)31-17-14-26-10-6-8-12-28(26)22-31/h5-24H,1-4H3. The molecule has 0 spiro atoms. The van der Waals surface area contributed by atoms with Crippen LogP contribution < -0.4 is 10.4 Å². The number of nitrogens with zero attached hydrogens (tertiary/aromatic N) is 1. The van der Waals surface area contributed by atoms with E-state index in [2.05, 4.69) is 154 Å². The molecule has 1 aromatic heterocycles. The van der Waals surface area contributed by atoms with Gasteiger partial charge >= 0.3 is 7.12 Å². The Morgan fingerprint density at radius 3 is 1.65 bits per heavy atom. The van der Waals surface area contributed by atoms with Crippen molar-refractivity contribution >= 4 is 82.7 Å². The van der Waals surface area contributed by atoms with Crippen LogP contribution >= 0.6 is 11.3 Å². The highest BCUT2D eigenvalue weighted by Crippen LogP contribution is 2.42. The van der Waals surface area contributed by atoms with Gasteiger partial charge in [-0.25, -0.2) is 0 Å². The summed E-state index contributed by atoms with van der Waals surface area (Å²) in [5.74, 6) is 0. The van der Waals surface area contributed by atoms with Crippen LogP contribution in [0, 0.1) is 0 Å². The molecule has 0 aliphatic carbocycles. The molecule has 0 unspecified atom stereocenters. The summed E-state index contributed by atoms with van der Waals surface area (Å²) in [6.45, 7) is 8.40. The average Bonchev–Trinajstić information content (AvgIpc) is 3.48. The molecule has 0 N–H and O–H groups in total. The lowest BCUT2D eigenvalue weighted by Crippen LogP contribution is -2.41. The molecule has 8 rings (SSSR count). The molecule has 1 saturated heterocycles. The smallest absolute Gasteiger partial charge is 0.399 e. The van der Waals surface area contributed by atoms with Crippen molar-refractivity contribution < 1.29 is 9.31 Å². The molecule has 210 valence electrons. The summed E-state index contributed by atoms with van der Waals surface area (Å²) >= 11 is 1.82. The van der Waals surface area contributed by atoms with Crippen molar-refractivity contribution in [2.24, 2.45) is 0 Å². The lowest BCUT2D eigenvalue weighted by Gasteiger charge is -2.32. The van der Waals surface area contributed by atoms with Crippen molar-refractivity contribution in [2.75, 3.05) is 4.90 Å². The molecule has 0 saturated carbocycles. The van der Waals surface area contributed by atoms with Crippen LogP contribution in [-0.4, -0.2) is 18.3 Å². The zero-order valence-electron chi connectivity index (χ0n) is 24.8. The van der Waals surface area contributed by atoms with Gasteiger partial charge in [0.15, 0.2) is 0 Å². The molecular formula is C38H32BNO2S. The van der Waals surface area contributed by atoms with Crippen LogP contribution in [0.3, 0.4) is 0 Å². The van der Waals surface area contributed by atoms with Crippen molar-refractivity contribution in [3.8, 4) is 0 Å². The molecule has 7 aromatic rings. The zero-order chi connectivity index (χ0) is 29.3. The molecule has 5 heteroatoms. The highest BCUT2D eigenvalue weighted by Gasteiger charge is 2.51. The first-order valence-electron chi connectivity index (χ1n) is 14.9. The SMILES string of the molecule is CC1(C)OB(c2ccc3c(c2)sc2ccc(N(c4ccc5ccccc5c4)c4ccc5ccccc5c4)cc23)OC1(C)C. The third-order valence-electron chi connectivity index (χ3n) is 9.25. The molecule has 1 fully saturated rings. The third kappa shape index (κ3) is 4.42. The molecule has 0 radical (unpaired) electrons. The van der Waals surface area contributed by atoms with Crippen LogP contribution in [0.2, 0.25) is 0 Å². The van der Waals surface area contributed by atoms with Gasteiger partial charge in [0.25, 0.3) is 0 Å². The molecule has 6 aromatic carbocycles. The fourth-order valence-electron chi connectivity index (χ4n) is 6.13. The van der Waals surface area contributed by atoms with E-state index in [-0.39, 0.29) is 18.3 Å². The van der Waals surface area contributed by atoms with E-state index < -0.39 is 0 Å². The predicted octanol–water partition coefficient (Wildman–Crippen LogP) is 10.1. The van der Waals surface area contributed by atoms with Crippen LogP contribution in [0.15, 0.2) is 121 Å². The van der Waals surface area contributed by atoms with Gasteiger partial charge < -0.3 is 14.2 Å². The van der Waals surface area contributed by atoms with Gasteiger partial charge in [-0.2, -0.15) is 0 Å². The summed E-state index contributed by atoms with van der Waals surface area (Å²) in [6, 6.07) is 44.1. The van der Waals surface area contributed by atoms with Crippen LogP contribution in [0.4, 0.5) is 17.1 Å². The van der Waals surface area contributed by atoms with Crippen molar-refractivity contribution in [3.05, 3.63) is 121 Å². The van der Waals surface area contributed by atoms with Gasteiger partial charge in [-0.1, -0.05) is 72.8 Å². The van der Waals surface area contributed by atoms with Gasteiger partial charge in [0.1, 0.15) is 0 Å². The van der Waals surface area contributed by atoms with E-state index in [1.807, 2.05) is 11.3 Å². The topological polar surface area (TPSA) is 21.7 Å². The molecule has 43 heavy (non-hydrogen) atoms. The number of thiophene rings is 1. The summed E-state index contributed by atoms with van der Waals surface area (Å²) in [6.07, 6.45) is 0. The second-order valence-corrected chi connectivity index (χ2v) is 13.6. The van der Waals surface area contributed by atoms with Crippen molar-refractivity contribution in [3.63, 3.8) is 0 Å². The van der Waals surface area contributed by atoms with Crippen molar-refractivity contribution in [2.45, 2.75) is 38.9 Å². The zero-order valence-corrected chi connectivity index (χ0v) is 25.6. The van der Waals surface area contributed by atoms with E-state index in [0.717, 1.165) is 22.5 Å². The second kappa shape index (κ2) is 9.68. The Hall–Kier alpha value is -4.16. The first-order valence-corrected chi connectivity index (χ1v) is 15.7. The Kier molecular flexibility index (Phi) is 5.96. The summed E-state index contributed by atoms with van der Waals surface area (Å²) < 4.78 is 15.2. The Balaban J connectivity index is 1.26. The summed E-state index contributed by atoms with van der Waals surface area (Å²) in [5, 5.41) is 7.43. The number of benzene rings is 6. The number of rotatable bonds is 4. The maximum absolute atomic E-state index is 6.36. The second-order valence-electron chi connectivity index (χ2n) is 12.5. The van der Waals surface area contributed by atoms with E-state index in [1.165, 1.54) is 41.7 Å². The first-order chi connectivity index (χ1) is 20.8. The Labute approximate surface area is 256 Å². The fourth-order valence-corrected chi connectivity index (χ4v) is 7.26.